The smallest absolute Gasteiger partial charge is 0.230 e. The molecule has 3 nitrogen and oxygen atoms in total. The molecule has 0 aliphatic heterocycles. The maximum Gasteiger partial charge on any atom is 0.230 e. The van der Waals surface area contributed by atoms with Gasteiger partial charge >= 0.3 is 0 Å². The SMILES string of the molecule is CCC1(C(=O)Nc2ccccc2CNC)CCCC1. The molecule has 19 heavy (non-hydrogen) atoms. The zero-order valence-corrected chi connectivity index (χ0v) is 12.0. The summed E-state index contributed by atoms with van der Waals surface area (Å²) in [6, 6.07) is 8.03. The number of rotatable bonds is 5. The van der Waals surface area contributed by atoms with E-state index >= 15 is 0 Å². The van der Waals surface area contributed by atoms with Crippen LogP contribution in [0.15, 0.2) is 24.3 Å². The highest BCUT2D eigenvalue weighted by Crippen LogP contribution is 2.42. The summed E-state index contributed by atoms with van der Waals surface area (Å²) in [5.74, 6) is 0.205. The van der Waals surface area contributed by atoms with E-state index in [4.69, 9.17) is 0 Å². The predicted molar refractivity (Wildman–Crippen MR) is 79.0 cm³/mol. The number of hydrogen-bond acceptors (Lipinski definition) is 2. The van der Waals surface area contributed by atoms with E-state index in [1.807, 2.05) is 25.2 Å². The Labute approximate surface area is 115 Å². The Morgan fingerprint density at radius 2 is 1.95 bits per heavy atom. The summed E-state index contributed by atoms with van der Waals surface area (Å²) in [5, 5.41) is 6.29. The number of amides is 1. The molecule has 1 amide bonds. The zero-order valence-electron chi connectivity index (χ0n) is 12.0. The Bertz CT molecular complexity index is 436. The van der Waals surface area contributed by atoms with Gasteiger partial charge in [-0.2, -0.15) is 0 Å². The van der Waals surface area contributed by atoms with Crippen molar-refractivity contribution < 1.29 is 4.79 Å². The van der Waals surface area contributed by atoms with Crippen LogP contribution in [0.25, 0.3) is 0 Å². The second kappa shape index (κ2) is 6.20. The van der Waals surface area contributed by atoms with Crippen molar-refractivity contribution in [3.05, 3.63) is 29.8 Å². The van der Waals surface area contributed by atoms with E-state index in [2.05, 4.69) is 23.6 Å². The van der Waals surface area contributed by atoms with Crippen molar-refractivity contribution >= 4 is 11.6 Å². The van der Waals surface area contributed by atoms with Gasteiger partial charge in [0.25, 0.3) is 0 Å². The van der Waals surface area contributed by atoms with E-state index in [9.17, 15) is 4.79 Å². The fourth-order valence-electron chi connectivity index (χ4n) is 3.03. The minimum absolute atomic E-state index is 0.132. The van der Waals surface area contributed by atoms with Crippen molar-refractivity contribution in [3.63, 3.8) is 0 Å². The molecule has 0 bridgehead atoms. The van der Waals surface area contributed by atoms with Crippen molar-refractivity contribution in [1.29, 1.82) is 0 Å². The quantitative estimate of drug-likeness (QED) is 0.852. The van der Waals surface area contributed by atoms with Gasteiger partial charge in [0.05, 0.1) is 0 Å². The number of carbonyl (C=O) groups is 1. The van der Waals surface area contributed by atoms with Gasteiger partial charge in [0.1, 0.15) is 0 Å². The molecule has 0 saturated heterocycles. The van der Waals surface area contributed by atoms with Gasteiger partial charge in [0.15, 0.2) is 0 Å². The summed E-state index contributed by atoms with van der Waals surface area (Å²) in [5.41, 5.74) is 1.96. The fraction of sp³-hybridized carbons (Fsp3) is 0.562. The van der Waals surface area contributed by atoms with Gasteiger partial charge in [-0.1, -0.05) is 38.0 Å². The Morgan fingerprint density at radius 1 is 1.26 bits per heavy atom. The Balaban J connectivity index is 2.14. The Hall–Kier alpha value is -1.35. The third kappa shape index (κ3) is 2.98. The highest BCUT2D eigenvalue weighted by molar-refractivity contribution is 5.96. The highest BCUT2D eigenvalue weighted by atomic mass is 16.2. The first kappa shape index (κ1) is 14.1. The van der Waals surface area contributed by atoms with Crippen LogP contribution in [0, 0.1) is 5.41 Å². The molecule has 2 rings (SSSR count). The highest BCUT2D eigenvalue weighted by Gasteiger charge is 2.39. The van der Waals surface area contributed by atoms with Gasteiger partial charge in [-0.25, -0.2) is 0 Å². The van der Waals surface area contributed by atoms with Crippen LogP contribution in [0.1, 0.15) is 44.6 Å². The summed E-state index contributed by atoms with van der Waals surface area (Å²) in [6.45, 7) is 2.90. The number of para-hydroxylation sites is 1. The molecule has 1 aliphatic rings. The largest absolute Gasteiger partial charge is 0.325 e. The molecule has 0 atom stereocenters. The Kier molecular flexibility index (Phi) is 4.59. The van der Waals surface area contributed by atoms with Crippen molar-refractivity contribution in [2.45, 2.75) is 45.6 Å². The lowest BCUT2D eigenvalue weighted by Crippen LogP contribution is -2.33. The summed E-state index contributed by atoms with van der Waals surface area (Å²) in [7, 11) is 1.92. The maximum absolute atomic E-state index is 12.6. The van der Waals surface area contributed by atoms with Crippen LogP contribution in [0.3, 0.4) is 0 Å². The minimum Gasteiger partial charge on any atom is -0.325 e. The molecule has 104 valence electrons. The second-order valence-corrected chi connectivity index (χ2v) is 5.48. The lowest BCUT2D eigenvalue weighted by Gasteiger charge is -2.26. The van der Waals surface area contributed by atoms with Gasteiger partial charge in [-0.15, -0.1) is 0 Å². The van der Waals surface area contributed by atoms with Crippen molar-refractivity contribution in [1.82, 2.24) is 5.32 Å². The van der Waals surface area contributed by atoms with Gasteiger partial charge in [-0.3, -0.25) is 4.79 Å². The third-order valence-electron chi connectivity index (χ3n) is 4.35. The Morgan fingerprint density at radius 3 is 2.58 bits per heavy atom. The minimum atomic E-state index is -0.132. The zero-order chi connectivity index (χ0) is 13.7. The summed E-state index contributed by atoms with van der Waals surface area (Å²) >= 11 is 0. The van der Waals surface area contributed by atoms with Crippen LogP contribution < -0.4 is 10.6 Å². The molecule has 0 heterocycles. The molecule has 1 aliphatic carbocycles. The first-order valence-electron chi connectivity index (χ1n) is 7.26. The lowest BCUT2D eigenvalue weighted by atomic mass is 9.82. The predicted octanol–water partition coefficient (Wildman–Crippen LogP) is 3.31. The van der Waals surface area contributed by atoms with Crippen LogP contribution in [0.2, 0.25) is 0 Å². The van der Waals surface area contributed by atoms with Crippen LogP contribution in [-0.4, -0.2) is 13.0 Å². The van der Waals surface area contributed by atoms with E-state index in [0.717, 1.165) is 37.1 Å². The molecule has 1 fully saturated rings. The van der Waals surface area contributed by atoms with Gasteiger partial charge in [-0.05, 0) is 37.9 Å². The van der Waals surface area contributed by atoms with Gasteiger partial charge in [0.2, 0.25) is 5.91 Å². The number of carbonyl (C=O) groups excluding carboxylic acids is 1. The first-order valence-corrected chi connectivity index (χ1v) is 7.26. The van der Waals surface area contributed by atoms with Crippen LogP contribution in [0.5, 0.6) is 0 Å². The summed E-state index contributed by atoms with van der Waals surface area (Å²) in [6.07, 6.45) is 5.36. The number of nitrogens with one attached hydrogen (secondary N) is 2. The van der Waals surface area contributed by atoms with E-state index in [1.54, 1.807) is 0 Å². The average molecular weight is 260 g/mol. The molecular formula is C16H24N2O. The van der Waals surface area contributed by atoms with Crippen LogP contribution in [-0.2, 0) is 11.3 Å². The maximum atomic E-state index is 12.6. The van der Waals surface area contributed by atoms with Gasteiger partial charge in [0, 0.05) is 17.6 Å². The number of hydrogen-bond donors (Lipinski definition) is 2. The normalized spacial score (nSPS) is 17.4. The molecule has 0 radical (unpaired) electrons. The topological polar surface area (TPSA) is 41.1 Å². The van der Waals surface area contributed by atoms with E-state index in [0.29, 0.717) is 0 Å². The number of anilines is 1. The molecule has 2 N–H and O–H groups in total. The van der Waals surface area contributed by atoms with Crippen molar-refractivity contribution in [3.8, 4) is 0 Å². The average Bonchev–Trinajstić information content (AvgIpc) is 2.91. The standard InChI is InChI=1S/C16H24N2O/c1-3-16(10-6-7-11-16)15(19)18-14-9-5-4-8-13(14)12-17-2/h4-5,8-9,17H,3,6-7,10-12H2,1-2H3,(H,18,19). The summed E-state index contributed by atoms with van der Waals surface area (Å²) < 4.78 is 0. The fourth-order valence-corrected chi connectivity index (χ4v) is 3.03. The van der Waals surface area contributed by atoms with Crippen LogP contribution >= 0.6 is 0 Å². The van der Waals surface area contributed by atoms with E-state index in [1.165, 1.54) is 12.8 Å². The molecule has 1 aromatic carbocycles. The monoisotopic (exact) mass is 260 g/mol. The molecule has 1 saturated carbocycles. The van der Waals surface area contributed by atoms with Gasteiger partial charge < -0.3 is 10.6 Å². The number of benzene rings is 1. The summed E-state index contributed by atoms with van der Waals surface area (Å²) in [4.78, 5) is 12.6. The molecule has 3 heteroatoms. The van der Waals surface area contributed by atoms with Crippen molar-refractivity contribution in [2.24, 2.45) is 5.41 Å². The van der Waals surface area contributed by atoms with Crippen LogP contribution in [0.4, 0.5) is 5.69 Å². The van der Waals surface area contributed by atoms with E-state index < -0.39 is 0 Å². The van der Waals surface area contributed by atoms with E-state index in [-0.39, 0.29) is 11.3 Å². The third-order valence-corrected chi connectivity index (χ3v) is 4.35. The molecule has 0 spiro atoms. The molecular weight excluding hydrogens is 236 g/mol. The first-order chi connectivity index (χ1) is 9.22. The van der Waals surface area contributed by atoms with Crippen molar-refractivity contribution in [2.75, 3.05) is 12.4 Å². The molecule has 1 aromatic rings. The molecule has 0 aromatic heterocycles. The molecule has 0 unspecified atom stereocenters. The second-order valence-electron chi connectivity index (χ2n) is 5.48. The lowest BCUT2D eigenvalue weighted by molar-refractivity contribution is -0.125.